The van der Waals surface area contributed by atoms with Gasteiger partial charge in [0.25, 0.3) is 5.91 Å². The third-order valence-electron chi connectivity index (χ3n) is 2.85. The van der Waals surface area contributed by atoms with Crippen LogP contribution in [0.3, 0.4) is 0 Å². The third kappa shape index (κ3) is 4.19. The van der Waals surface area contributed by atoms with E-state index in [4.69, 9.17) is 10.5 Å². The number of anilines is 1. The molecule has 1 aromatic heterocycles. The molecule has 1 amide bonds. The molecule has 2 aromatic rings. The molecule has 1 unspecified atom stereocenters. The Morgan fingerprint density at radius 2 is 1.95 bits per heavy atom. The van der Waals surface area contributed by atoms with Crippen molar-refractivity contribution in [3.05, 3.63) is 40.9 Å². The van der Waals surface area contributed by atoms with Gasteiger partial charge >= 0.3 is 0 Å². The summed E-state index contributed by atoms with van der Waals surface area (Å²) in [5.41, 5.74) is 6.88. The molecule has 1 aromatic carbocycles. The Balaban J connectivity index is 1.99. The van der Waals surface area contributed by atoms with Gasteiger partial charge in [-0.2, -0.15) is 0 Å². The van der Waals surface area contributed by atoms with Crippen molar-refractivity contribution < 1.29 is 9.53 Å². The molecule has 2 rings (SSSR count). The number of rotatable bonds is 5. The van der Waals surface area contributed by atoms with Crippen LogP contribution < -0.4 is 15.8 Å². The van der Waals surface area contributed by atoms with Gasteiger partial charge in [-0.15, -0.1) is 11.3 Å². The third-order valence-corrected chi connectivity index (χ3v) is 3.53. The lowest BCUT2D eigenvalue weighted by Crippen LogP contribution is -2.26. The molecule has 3 N–H and O–H groups in total. The molecule has 1 atom stereocenters. The Labute approximate surface area is 128 Å². The van der Waals surface area contributed by atoms with E-state index in [1.54, 1.807) is 5.38 Å². The summed E-state index contributed by atoms with van der Waals surface area (Å²) >= 11 is 1.25. The van der Waals surface area contributed by atoms with Crippen LogP contribution in [0.4, 0.5) is 5.13 Å². The van der Waals surface area contributed by atoms with Crippen LogP contribution in [0, 0.1) is 0 Å². The first-order chi connectivity index (χ1) is 9.95. The number of nitrogen functional groups attached to an aromatic ring is 1. The van der Waals surface area contributed by atoms with E-state index in [2.05, 4.69) is 10.3 Å². The van der Waals surface area contributed by atoms with E-state index >= 15 is 0 Å². The summed E-state index contributed by atoms with van der Waals surface area (Å²) in [6.07, 6.45) is 0.142. The number of benzene rings is 1. The van der Waals surface area contributed by atoms with Gasteiger partial charge in [0.05, 0.1) is 12.1 Å². The van der Waals surface area contributed by atoms with Gasteiger partial charge in [-0.25, -0.2) is 4.98 Å². The second-order valence-electron chi connectivity index (χ2n) is 5.00. The van der Waals surface area contributed by atoms with Gasteiger partial charge in [-0.05, 0) is 38.5 Å². The smallest absolute Gasteiger partial charge is 0.271 e. The monoisotopic (exact) mass is 305 g/mol. The molecular formula is C15H19N3O2S. The van der Waals surface area contributed by atoms with E-state index in [1.807, 2.05) is 45.0 Å². The van der Waals surface area contributed by atoms with Crippen LogP contribution in [-0.4, -0.2) is 17.0 Å². The van der Waals surface area contributed by atoms with Crippen LogP contribution in [0.1, 0.15) is 42.9 Å². The number of nitrogens with zero attached hydrogens (tertiary/aromatic N) is 1. The Morgan fingerprint density at radius 1 is 1.29 bits per heavy atom. The van der Waals surface area contributed by atoms with Crippen molar-refractivity contribution in [1.29, 1.82) is 0 Å². The van der Waals surface area contributed by atoms with Crippen molar-refractivity contribution in [2.75, 3.05) is 5.73 Å². The highest BCUT2D eigenvalue weighted by Gasteiger charge is 2.14. The molecule has 0 aliphatic heterocycles. The first-order valence-electron chi connectivity index (χ1n) is 6.74. The van der Waals surface area contributed by atoms with Gasteiger partial charge in [0, 0.05) is 5.38 Å². The molecule has 0 aliphatic carbocycles. The zero-order valence-electron chi connectivity index (χ0n) is 12.3. The van der Waals surface area contributed by atoms with Gasteiger partial charge < -0.3 is 15.8 Å². The Morgan fingerprint density at radius 3 is 2.48 bits per heavy atom. The molecule has 21 heavy (non-hydrogen) atoms. The molecule has 0 bridgehead atoms. The summed E-state index contributed by atoms with van der Waals surface area (Å²) in [5.74, 6) is 0.595. The Kier molecular flexibility index (Phi) is 4.80. The van der Waals surface area contributed by atoms with E-state index in [9.17, 15) is 4.79 Å². The van der Waals surface area contributed by atoms with Crippen LogP contribution in [0.15, 0.2) is 29.6 Å². The van der Waals surface area contributed by atoms with Crippen molar-refractivity contribution in [1.82, 2.24) is 10.3 Å². The molecule has 0 saturated carbocycles. The van der Waals surface area contributed by atoms with E-state index in [-0.39, 0.29) is 18.1 Å². The number of amides is 1. The maximum absolute atomic E-state index is 12.0. The lowest BCUT2D eigenvalue weighted by Gasteiger charge is -2.15. The summed E-state index contributed by atoms with van der Waals surface area (Å²) in [6, 6.07) is 7.57. The molecule has 0 aliphatic rings. The molecular weight excluding hydrogens is 286 g/mol. The highest BCUT2D eigenvalue weighted by Crippen LogP contribution is 2.19. The number of ether oxygens (including phenoxy) is 1. The van der Waals surface area contributed by atoms with Gasteiger partial charge in [-0.1, -0.05) is 12.1 Å². The number of aromatic nitrogens is 1. The van der Waals surface area contributed by atoms with E-state index in [0.29, 0.717) is 10.8 Å². The average Bonchev–Trinajstić information content (AvgIpc) is 2.85. The summed E-state index contributed by atoms with van der Waals surface area (Å²) in [4.78, 5) is 16.0. The average molecular weight is 305 g/mol. The molecule has 5 nitrogen and oxygen atoms in total. The molecule has 0 radical (unpaired) electrons. The van der Waals surface area contributed by atoms with Crippen LogP contribution in [0.5, 0.6) is 5.75 Å². The quantitative estimate of drug-likeness (QED) is 0.890. The molecule has 0 spiro atoms. The number of thiazole rings is 1. The number of carbonyl (C=O) groups is 1. The van der Waals surface area contributed by atoms with E-state index in [1.165, 1.54) is 11.3 Å². The van der Waals surface area contributed by atoms with Crippen LogP contribution in [-0.2, 0) is 0 Å². The molecule has 0 fully saturated rings. The predicted molar refractivity (Wildman–Crippen MR) is 84.6 cm³/mol. The maximum atomic E-state index is 12.0. The molecule has 112 valence electrons. The van der Waals surface area contributed by atoms with Crippen LogP contribution in [0.25, 0.3) is 0 Å². The predicted octanol–water partition coefficient (Wildman–Crippen LogP) is 3.00. The fourth-order valence-electron chi connectivity index (χ4n) is 1.85. The van der Waals surface area contributed by atoms with E-state index in [0.717, 1.165) is 11.3 Å². The Bertz CT molecular complexity index is 608. The number of hydrogen-bond donors (Lipinski definition) is 2. The van der Waals surface area contributed by atoms with Gasteiger partial charge in [0.15, 0.2) is 5.13 Å². The number of nitrogens with two attached hydrogens (primary N) is 1. The molecule has 0 saturated heterocycles. The lowest BCUT2D eigenvalue weighted by atomic mass is 10.1. The lowest BCUT2D eigenvalue weighted by molar-refractivity contribution is 0.0935. The zero-order valence-corrected chi connectivity index (χ0v) is 13.1. The van der Waals surface area contributed by atoms with Crippen LogP contribution in [0.2, 0.25) is 0 Å². The van der Waals surface area contributed by atoms with Gasteiger partial charge in [0.2, 0.25) is 0 Å². The van der Waals surface area contributed by atoms with Gasteiger partial charge in [0.1, 0.15) is 11.4 Å². The molecule has 6 heteroatoms. The second kappa shape index (κ2) is 6.58. The van der Waals surface area contributed by atoms with Crippen molar-refractivity contribution >= 4 is 22.4 Å². The summed E-state index contributed by atoms with van der Waals surface area (Å²) in [5, 5.41) is 4.94. The highest BCUT2D eigenvalue weighted by atomic mass is 32.1. The highest BCUT2D eigenvalue weighted by molar-refractivity contribution is 7.13. The fourth-order valence-corrected chi connectivity index (χ4v) is 2.40. The van der Waals surface area contributed by atoms with Crippen molar-refractivity contribution in [3.63, 3.8) is 0 Å². The summed E-state index contributed by atoms with van der Waals surface area (Å²) in [6.45, 7) is 5.89. The number of nitrogens with one attached hydrogen (secondary N) is 1. The largest absolute Gasteiger partial charge is 0.491 e. The zero-order chi connectivity index (χ0) is 15.4. The summed E-state index contributed by atoms with van der Waals surface area (Å²) < 4.78 is 5.59. The van der Waals surface area contributed by atoms with Gasteiger partial charge in [-0.3, -0.25) is 4.79 Å². The van der Waals surface area contributed by atoms with Crippen LogP contribution >= 0.6 is 11.3 Å². The van der Waals surface area contributed by atoms with Crippen molar-refractivity contribution in [2.24, 2.45) is 0 Å². The first-order valence-corrected chi connectivity index (χ1v) is 7.62. The van der Waals surface area contributed by atoms with E-state index < -0.39 is 0 Å². The normalized spacial score (nSPS) is 12.2. The minimum absolute atomic E-state index is 0.117. The minimum Gasteiger partial charge on any atom is -0.491 e. The Hall–Kier alpha value is -2.08. The minimum atomic E-state index is -0.224. The maximum Gasteiger partial charge on any atom is 0.271 e. The summed E-state index contributed by atoms with van der Waals surface area (Å²) in [7, 11) is 0. The fraction of sp³-hybridized carbons (Fsp3) is 0.333. The number of hydrogen-bond acceptors (Lipinski definition) is 5. The van der Waals surface area contributed by atoms with Crippen molar-refractivity contribution in [3.8, 4) is 5.75 Å². The topological polar surface area (TPSA) is 77.2 Å². The standard InChI is InChI=1S/C15H19N3O2S/c1-9(2)20-12-6-4-11(5-7-12)10(3)17-14(19)13-8-21-15(16)18-13/h4-10H,1-3H3,(H2,16,18)(H,17,19). The first kappa shape index (κ1) is 15.3. The second-order valence-corrected chi connectivity index (χ2v) is 5.89. The SMILES string of the molecule is CC(C)Oc1ccc(C(C)NC(=O)c2csc(N)n2)cc1. The van der Waals surface area contributed by atoms with Crippen molar-refractivity contribution in [2.45, 2.75) is 32.9 Å². The molecule has 1 heterocycles. The number of carbonyl (C=O) groups excluding carboxylic acids is 1.